The van der Waals surface area contributed by atoms with Crippen LogP contribution in [-0.2, 0) is 19.6 Å². The van der Waals surface area contributed by atoms with Crippen molar-refractivity contribution in [2.24, 2.45) is 0 Å². The molecule has 1 amide bonds. The van der Waals surface area contributed by atoms with Gasteiger partial charge in [0.1, 0.15) is 10.7 Å². The highest BCUT2D eigenvalue weighted by molar-refractivity contribution is 7.89. The standard InChI is InChI=1S/C11H13FN2O5S/c1-7(15)14-8-2-3-10(9(12)6-8)20(18,19)13-5-4-11(16)17/h2-3,6,13H,4-5H2,1H3,(H,14,15)(H,16,17). The number of hydrogen-bond acceptors (Lipinski definition) is 4. The first-order valence-corrected chi connectivity index (χ1v) is 6.99. The van der Waals surface area contributed by atoms with E-state index in [9.17, 15) is 22.4 Å². The number of carbonyl (C=O) groups excluding carboxylic acids is 1. The van der Waals surface area contributed by atoms with E-state index in [4.69, 9.17) is 5.11 Å². The molecule has 110 valence electrons. The lowest BCUT2D eigenvalue weighted by Gasteiger charge is -2.08. The van der Waals surface area contributed by atoms with Gasteiger partial charge >= 0.3 is 5.97 Å². The lowest BCUT2D eigenvalue weighted by molar-refractivity contribution is -0.136. The fourth-order valence-corrected chi connectivity index (χ4v) is 2.46. The van der Waals surface area contributed by atoms with Gasteiger partial charge in [0.05, 0.1) is 6.42 Å². The van der Waals surface area contributed by atoms with Gasteiger partial charge in [0.25, 0.3) is 0 Å². The van der Waals surface area contributed by atoms with E-state index in [1.54, 1.807) is 0 Å². The van der Waals surface area contributed by atoms with Crippen LogP contribution in [0, 0.1) is 5.82 Å². The lowest BCUT2D eigenvalue weighted by Crippen LogP contribution is -2.27. The molecule has 0 aliphatic heterocycles. The first kappa shape index (κ1) is 16.1. The van der Waals surface area contributed by atoms with E-state index in [0.29, 0.717) is 0 Å². The Balaban J connectivity index is 2.90. The second-order valence-corrected chi connectivity index (χ2v) is 5.60. The number of hydrogen-bond donors (Lipinski definition) is 3. The van der Waals surface area contributed by atoms with E-state index >= 15 is 0 Å². The molecule has 9 heteroatoms. The smallest absolute Gasteiger partial charge is 0.304 e. The first-order valence-electron chi connectivity index (χ1n) is 5.51. The maximum Gasteiger partial charge on any atom is 0.304 e. The third kappa shape index (κ3) is 4.59. The van der Waals surface area contributed by atoms with Crippen LogP contribution >= 0.6 is 0 Å². The van der Waals surface area contributed by atoms with Gasteiger partial charge in [-0.1, -0.05) is 0 Å². The van der Waals surface area contributed by atoms with Gasteiger partial charge in [-0.2, -0.15) is 0 Å². The van der Waals surface area contributed by atoms with E-state index in [1.807, 2.05) is 4.72 Å². The van der Waals surface area contributed by atoms with E-state index in [1.165, 1.54) is 13.0 Å². The Hall–Kier alpha value is -2.00. The number of carbonyl (C=O) groups is 2. The van der Waals surface area contributed by atoms with Crippen molar-refractivity contribution < 1.29 is 27.5 Å². The zero-order chi connectivity index (χ0) is 15.3. The number of aliphatic carboxylic acids is 1. The molecule has 0 unspecified atom stereocenters. The zero-order valence-corrected chi connectivity index (χ0v) is 11.3. The highest BCUT2D eigenvalue weighted by Gasteiger charge is 2.19. The molecule has 0 spiro atoms. The second kappa shape index (κ2) is 6.44. The Bertz CT molecular complexity index is 630. The van der Waals surface area contributed by atoms with Crippen LogP contribution in [0.2, 0.25) is 0 Å². The Labute approximate surface area is 114 Å². The molecule has 0 bridgehead atoms. The van der Waals surface area contributed by atoms with Gasteiger partial charge in [0, 0.05) is 19.2 Å². The number of nitrogens with one attached hydrogen (secondary N) is 2. The van der Waals surface area contributed by atoms with Crippen molar-refractivity contribution in [3.63, 3.8) is 0 Å². The summed E-state index contributed by atoms with van der Waals surface area (Å²) in [6.45, 7) is 0.889. The van der Waals surface area contributed by atoms with Gasteiger partial charge in [-0.05, 0) is 18.2 Å². The van der Waals surface area contributed by atoms with Gasteiger partial charge in [-0.3, -0.25) is 9.59 Å². The summed E-state index contributed by atoms with van der Waals surface area (Å²) in [5.41, 5.74) is 0.125. The fraction of sp³-hybridized carbons (Fsp3) is 0.273. The molecule has 1 aromatic rings. The topological polar surface area (TPSA) is 113 Å². The number of amides is 1. The van der Waals surface area contributed by atoms with Crippen LogP contribution in [0.15, 0.2) is 23.1 Å². The van der Waals surface area contributed by atoms with Crippen molar-refractivity contribution >= 4 is 27.6 Å². The second-order valence-electron chi connectivity index (χ2n) is 3.87. The van der Waals surface area contributed by atoms with Gasteiger partial charge in [-0.15, -0.1) is 0 Å². The third-order valence-corrected chi connectivity index (χ3v) is 3.67. The van der Waals surface area contributed by atoms with Crippen molar-refractivity contribution in [3.8, 4) is 0 Å². The number of halogens is 1. The molecule has 1 aromatic carbocycles. The average molecular weight is 304 g/mol. The fourth-order valence-electron chi connectivity index (χ4n) is 1.37. The van der Waals surface area contributed by atoms with Gasteiger partial charge < -0.3 is 10.4 Å². The van der Waals surface area contributed by atoms with E-state index in [-0.39, 0.29) is 12.2 Å². The Morgan fingerprint density at radius 3 is 2.50 bits per heavy atom. The minimum Gasteiger partial charge on any atom is -0.481 e. The predicted molar refractivity (Wildman–Crippen MR) is 68.1 cm³/mol. The van der Waals surface area contributed by atoms with Crippen LogP contribution in [0.25, 0.3) is 0 Å². The van der Waals surface area contributed by atoms with Crippen molar-refractivity contribution in [2.75, 3.05) is 11.9 Å². The van der Waals surface area contributed by atoms with Crippen molar-refractivity contribution in [1.82, 2.24) is 4.72 Å². The summed E-state index contributed by atoms with van der Waals surface area (Å²) in [4.78, 5) is 20.5. The SMILES string of the molecule is CC(=O)Nc1ccc(S(=O)(=O)NCCC(=O)O)c(F)c1. The van der Waals surface area contributed by atoms with Crippen LogP contribution in [-0.4, -0.2) is 31.9 Å². The minimum atomic E-state index is -4.13. The van der Waals surface area contributed by atoms with Crippen LogP contribution in [0.4, 0.5) is 10.1 Å². The number of sulfonamides is 1. The number of carboxylic acid groups (broad SMARTS) is 1. The molecule has 0 fully saturated rings. The molecule has 0 saturated carbocycles. The van der Waals surface area contributed by atoms with Crippen LogP contribution in [0.3, 0.4) is 0 Å². The number of anilines is 1. The molecule has 3 N–H and O–H groups in total. The summed E-state index contributed by atoms with van der Waals surface area (Å²) < 4.78 is 39.1. The molecular weight excluding hydrogens is 291 g/mol. The normalized spacial score (nSPS) is 11.1. The maximum absolute atomic E-state index is 13.7. The number of rotatable bonds is 6. The number of benzene rings is 1. The summed E-state index contributed by atoms with van der Waals surface area (Å²) in [7, 11) is -4.13. The molecule has 20 heavy (non-hydrogen) atoms. The minimum absolute atomic E-state index is 0.125. The largest absolute Gasteiger partial charge is 0.481 e. The zero-order valence-electron chi connectivity index (χ0n) is 10.5. The molecule has 0 saturated heterocycles. The quantitative estimate of drug-likeness (QED) is 0.710. The average Bonchev–Trinajstić information content (AvgIpc) is 2.26. The van der Waals surface area contributed by atoms with Crippen molar-refractivity contribution in [3.05, 3.63) is 24.0 Å². The third-order valence-electron chi connectivity index (χ3n) is 2.17. The molecule has 0 heterocycles. The maximum atomic E-state index is 13.7. The Morgan fingerprint density at radius 1 is 1.35 bits per heavy atom. The summed E-state index contributed by atoms with van der Waals surface area (Å²) in [6, 6.07) is 3.09. The summed E-state index contributed by atoms with van der Waals surface area (Å²) in [6.07, 6.45) is -0.412. The summed E-state index contributed by atoms with van der Waals surface area (Å²) >= 11 is 0. The van der Waals surface area contributed by atoms with Gasteiger partial charge in [0.2, 0.25) is 15.9 Å². The lowest BCUT2D eigenvalue weighted by atomic mass is 10.3. The van der Waals surface area contributed by atoms with Gasteiger partial charge in [-0.25, -0.2) is 17.5 Å². The van der Waals surface area contributed by atoms with E-state index in [0.717, 1.165) is 12.1 Å². The van der Waals surface area contributed by atoms with E-state index < -0.39 is 39.0 Å². The Kier molecular flexibility index (Phi) is 5.17. The molecular formula is C11H13FN2O5S. The first-order chi connectivity index (χ1) is 9.22. The summed E-state index contributed by atoms with van der Waals surface area (Å²) in [5.74, 6) is -2.63. The molecule has 7 nitrogen and oxygen atoms in total. The molecule has 0 radical (unpaired) electrons. The number of carboxylic acids is 1. The molecule has 1 rings (SSSR count). The molecule has 0 aliphatic rings. The highest BCUT2D eigenvalue weighted by Crippen LogP contribution is 2.18. The van der Waals surface area contributed by atoms with E-state index in [2.05, 4.69) is 5.32 Å². The van der Waals surface area contributed by atoms with Crippen molar-refractivity contribution in [2.45, 2.75) is 18.2 Å². The summed E-state index contributed by atoms with van der Waals surface area (Å²) in [5, 5.41) is 10.7. The molecule has 0 aromatic heterocycles. The predicted octanol–water partition coefficient (Wildman–Crippen LogP) is 0.537. The highest BCUT2D eigenvalue weighted by atomic mass is 32.2. The van der Waals surface area contributed by atoms with Crippen LogP contribution in [0.1, 0.15) is 13.3 Å². The van der Waals surface area contributed by atoms with Gasteiger partial charge in [0.15, 0.2) is 0 Å². The van der Waals surface area contributed by atoms with Crippen LogP contribution < -0.4 is 10.0 Å². The molecule has 0 atom stereocenters. The van der Waals surface area contributed by atoms with Crippen molar-refractivity contribution in [1.29, 1.82) is 0 Å². The van der Waals surface area contributed by atoms with Crippen LogP contribution in [0.5, 0.6) is 0 Å². The molecule has 0 aliphatic carbocycles. The Morgan fingerprint density at radius 2 is 2.00 bits per heavy atom. The monoisotopic (exact) mass is 304 g/mol.